The third-order valence-corrected chi connectivity index (χ3v) is 6.24. The highest BCUT2D eigenvalue weighted by Gasteiger charge is 2.15. The van der Waals surface area contributed by atoms with Crippen molar-refractivity contribution in [2.24, 2.45) is 0 Å². The third-order valence-electron chi connectivity index (χ3n) is 5.39. The first kappa shape index (κ1) is 17.9. The van der Waals surface area contributed by atoms with Crippen molar-refractivity contribution < 1.29 is 4.92 Å². The molecule has 2 aromatic carbocycles. The molecule has 4 nitrogen and oxygen atoms in total. The average molecular weight is 378 g/mol. The van der Waals surface area contributed by atoms with Gasteiger partial charge in [0.15, 0.2) is 0 Å². The minimum atomic E-state index is -0.316. The van der Waals surface area contributed by atoms with Crippen LogP contribution in [0.5, 0.6) is 0 Å². The Labute approximate surface area is 163 Å². The van der Waals surface area contributed by atoms with Gasteiger partial charge in [0, 0.05) is 29.0 Å². The van der Waals surface area contributed by atoms with Crippen LogP contribution in [0.25, 0.3) is 11.3 Å². The van der Waals surface area contributed by atoms with Crippen molar-refractivity contribution in [2.75, 3.05) is 0 Å². The quantitative estimate of drug-likeness (QED) is 0.425. The Morgan fingerprint density at radius 3 is 2.63 bits per heavy atom. The number of aromatic nitrogens is 1. The van der Waals surface area contributed by atoms with Crippen molar-refractivity contribution in [2.45, 2.75) is 46.0 Å². The second kappa shape index (κ2) is 7.24. The van der Waals surface area contributed by atoms with Gasteiger partial charge >= 0.3 is 0 Å². The van der Waals surface area contributed by atoms with Crippen molar-refractivity contribution in [1.29, 1.82) is 0 Å². The zero-order valence-corrected chi connectivity index (χ0v) is 16.4. The number of rotatable bonds is 4. The summed E-state index contributed by atoms with van der Waals surface area (Å²) in [6.45, 7) is 3.72. The topological polar surface area (TPSA) is 56.0 Å². The number of hydrogen-bond acceptors (Lipinski definition) is 4. The molecule has 138 valence electrons. The first-order valence-corrected chi connectivity index (χ1v) is 10.2. The van der Waals surface area contributed by atoms with Crippen molar-refractivity contribution in [3.8, 4) is 11.3 Å². The first-order chi connectivity index (χ1) is 13.0. The Morgan fingerprint density at radius 2 is 1.85 bits per heavy atom. The summed E-state index contributed by atoms with van der Waals surface area (Å²) in [6, 6.07) is 10.3. The summed E-state index contributed by atoms with van der Waals surface area (Å²) >= 11 is 1.66. The summed E-state index contributed by atoms with van der Waals surface area (Å²) in [5.41, 5.74) is 8.10. The van der Waals surface area contributed by atoms with Crippen LogP contribution in [-0.2, 0) is 19.3 Å². The number of nitro groups is 1. The Hall–Kier alpha value is -2.53. The van der Waals surface area contributed by atoms with E-state index in [0.29, 0.717) is 12.0 Å². The molecule has 0 N–H and O–H groups in total. The summed E-state index contributed by atoms with van der Waals surface area (Å²) in [4.78, 5) is 15.6. The molecule has 0 amide bonds. The summed E-state index contributed by atoms with van der Waals surface area (Å²) in [5, 5.41) is 14.3. The van der Waals surface area contributed by atoms with Crippen LogP contribution in [0.4, 0.5) is 5.69 Å². The molecule has 0 saturated heterocycles. The third kappa shape index (κ3) is 3.65. The first-order valence-electron chi connectivity index (χ1n) is 9.32. The van der Waals surface area contributed by atoms with Crippen LogP contribution in [0.1, 0.15) is 45.7 Å². The van der Waals surface area contributed by atoms with Gasteiger partial charge in [0.1, 0.15) is 0 Å². The van der Waals surface area contributed by atoms with Crippen LogP contribution in [0.3, 0.4) is 0 Å². The number of nitrogens with zero attached hydrogens (tertiary/aromatic N) is 2. The van der Waals surface area contributed by atoms with E-state index in [-0.39, 0.29) is 10.6 Å². The Morgan fingerprint density at radius 1 is 1.07 bits per heavy atom. The van der Waals surface area contributed by atoms with Crippen LogP contribution in [0.2, 0.25) is 0 Å². The van der Waals surface area contributed by atoms with Gasteiger partial charge < -0.3 is 0 Å². The molecule has 0 saturated carbocycles. The molecule has 27 heavy (non-hydrogen) atoms. The largest absolute Gasteiger partial charge is 0.272 e. The molecule has 3 aromatic rings. The number of aryl methyl sites for hydroxylation is 4. The fourth-order valence-corrected chi connectivity index (χ4v) is 4.65. The molecule has 1 aromatic heterocycles. The van der Waals surface area contributed by atoms with E-state index in [4.69, 9.17) is 4.98 Å². The van der Waals surface area contributed by atoms with Gasteiger partial charge in [0.05, 0.1) is 15.6 Å². The van der Waals surface area contributed by atoms with E-state index in [2.05, 4.69) is 23.6 Å². The lowest BCUT2D eigenvalue weighted by Gasteiger charge is -2.16. The summed E-state index contributed by atoms with van der Waals surface area (Å²) < 4.78 is 0. The Balaban J connectivity index is 1.59. The Kier molecular flexibility index (Phi) is 4.79. The lowest BCUT2D eigenvalue weighted by molar-refractivity contribution is -0.385. The normalized spacial score (nSPS) is 13.4. The highest BCUT2D eigenvalue weighted by molar-refractivity contribution is 7.10. The van der Waals surface area contributed by atoms with Crippen LogP contribution < -0.4 is 0 Å². The second-order valence-corrected chi connectivity index (χ2v) is 8.26. The van der Waals surface area contributed by atoms with Gasteiger partial charge in [0.2, 0.25) is 0 Å². The predicted molar refractivity (Wildman–Crippen MR) is 110 cm³/mol. The molecular formula is C22H22N2O2S. The molecule has 0 aliphatic heterocycles. The maximum atomic E-state index is 11.1. The molecule has 1 aliphatic carbocycles. The zero-order valence-electron chi connectivity index (χ0n) is 15.6. The van der Waals surface area contributed by atoms with Gasteiger partial charge in [-0.2, -0.15) is 0 Å². The van der Waals surface area contributed by atoms with Gasteiger partial charge in [-0.1, -0.05) is 12.1 Å². The fourth-order valence-electron chi connectivity index (χ4n) is 3.83. The lowest BCUT2D eigenvalue weighted by Crippen LogP contribution is -2.02. The van der Waals surface area contributed by atoms with E-state index in [1.165, 1.54) is 42.4 Å². The fraction of sp³-hybridized carbons (Fsp3) is 0.318. The summed E-state index contributed by atoms with van der Waals surface area (Å²) in [6.07, 6.45) is 5.64. The highest BCUT2D eigenvalue weighted by Crippen LogP contribution is 2.30. The smallest absolute Gasteiger partial charge is 0.258 e. The van der Waals surface area contributed by atoms with E-state index >= 15 is 0 Å². The molecule has 5 heteroatoms. The summed E-state index contributed by atoms with van der Waals surface area (Å²) in [5.74, 6) is 0. The van der Waals surface area contributed by atoms with E-state index in [9.17, 15) is 10.1 Å². The van der Waals surface area contributed by atoms with Gasteiger partial charge in [-0.25, -0.2) is 4.98 Å². The zero-order chi connectivity index (χ0) is 19.0. The molecular weight excluding hydrogens is 356 g/mol. The van der Waals surface area contributed by atoms with E-state index < -0.39 is 0 Å². The van der Waals surface area contributed by atoms with Gasteiger partial charge in [0.25, 0.3) is 5.69 Å². The molecule has 0 fully saturated rings. The standard InChI is InChI=1S/C22H22N2O2S/c1-14-10-21(24(25)26)15(2)9-19(14)12-22-23-20(13-27-22)18-8-7-16-5-3-4-6-17(16)11-18/h7-11,13H,3-6,12H2,1-2H3. The van der Waals surface area contributed by atoms with E-state index in [1.807, 2.05) is 13.0 Å². The van der Waals surface area contributed by atoms with E-state index in [0.717, 1.165) is 21.8 Å². The second-order valence-electron chi connectivity index (χ2n) is 7.32. The average Bonchev–Trinajstić information content (AvgIpc) is 3.12. The Bertz CT molecular complexity index is 1020. The van der Waals surface area contributed by atoms with Gasteiger partial charge in [-0.05, 0) is 73.9 Å². The van der Waals surface area contributed by atoms with E-state index in [1.54, 1.807) is 24.3 Å². The molecule has 0 spiro atoms. The van der Waals surface area contributed by atoms with Gasteiger partial charge in [-0.3, -0.25) is 10.1 Å². The number of nitro benzene ring substituents is 1. The molecule has 1 aliphatic rings. The van der Waals surface area contributed by atoms with Crippen LogP contribution in [0.15, 0.2) is 35.7 Å². The minimum absolute atomic E-state index is 0.185. The van der Waals surface area contributed by atoms with Crippen LogP contribution in [0, 0.1) is 24.0 Å². The monoisotopic (exact) mass is 378 g/mol. The number of benzene rings is 2. The molecule has 0 radical (unpaired) electrons. The van der Waals surface area contributed by atoms with Crippen molar-refractivity contribution in [1.82, 2.24) is 4.98 Å². The maximum absolute atomic E-state index is 11.1. The highest BCUT2D eigenvalue weighted by atomic mass is 32.1. The number of thiazole rings is 1. The molecule has 0 atom stereocenters. The molecule has 0 unspecified atom stereocenters. The van der Waals surface area contributed by atoms with Crippen molar-refractivity contribution in [3.05, 3.63) is 78.7 Å². The van der Waals surface area contributed by atoms with Crippen molar-refractivity contribution in [3.63, 3.8) is 0 Å². The lowest BCUT2D eigenvalue weighted by atomic mass is 9.90. The molecule has 0 bridgehead atoms. The number of hydrogen-bond donors (Lipinski definition) is 0. The maximum Gasteiger partial charge on any atom is 0.272 e. The molecule has 4 rings (SSSR count). The summed E-state index contributed by atoms with van der Waals surface area (Å²) in [7, 11) is 0. The predicted octanol–water partition coefficient (Wildman–Crippen LogP) is 5.80. The van der Waals surface area contributed by atoms with Gasteiger partial charge in [-0.15, -0.1) is 11.3 Å². The van der Waals surface area contributed by atoms with Crippen LogP contribution >= 0.6 is 11.3 Å². The minimum Gasteiger partial charge on any atom is -0.258 e. The SMILES string of the molecule is Cc1cc([N+](=O)[O-])c(C)cc1Cc1nc(-c2ccc3c(c2)CCCC3)cs1. The molecule has 1 heterocycles. The number of fused-ring (bicyclic) bond motifs is 1. The van der Waals surface area contributed by atoms with Crippen molar-refractivity contribution >= 4 is 17.0 Å². The van der Waals surface area contributed by atoms with Crippen LogP contribution in [-0.4, -0.2) is 9.91 Å².